The highest BCUT2D eigenvalue weighted by atomic mass is 35.5. The normalized spacial score (nSPS) is 16.8. The van der Waals surface area contributed by atoms with E-state index < -0.39 is 0 Å². The van der Waals surface area contributed by atoms with Crippen LogP contribution in [0.15, 0.2) is 18.2 Å². The third-order valence-corrected chi connectivity index (χ3v) is 2.63. The van der Waals surface area contributed by atoms with Gasteiger partial charge in [0.15, 0.2) is 0 Å². The van der Waals surface area contributed by atoms with Gasteiger partial charge in [-0.2, -0.15) is 5.26 Å². The van der Waals surface area contributed by atoms with Gasteiger partial charge in [-0.3, -0.25) is 0 Å². The van der Waals surface area contributed by atoms with Gasteiger partial charge in [0.2, 0.25) is 0 Å². The molecule has 0 aliphatic carbocycles. The topological polar surface area (TPSA) is 48.3 Å². The van der Waals surface area contributed by atoms with Crippen molar-refractivity contribution in [3.05, 3.63) is 28.8 Å². The summed E-state index contributed by atoms with van der Waals surface area (Å²) in [6.45, 7) is 3.05. The van der Waals surface area contributed by atoms with E-state index in [1.54, 1.807) is 12.1 Å². The molecule has 1 N–H and O–H groups in total. The van der Waals surface area contributed by atoms with Crippen molar-refractivity contribution in [2.45, 2.75) is 0 Å². The second kappa shape index (κ2) is 5.17. The molecule has 1 aliphatic rings. The summed E-state index contributed by atoms with van der Waals surface area (Å²) >= 11 is 5.83. The van der Waals surface area contributed by atoms with Crippen LogP contribution in [-0.4, -0.2) is 31.3 Å². The van der Waals surface area contributed by atoms with Crippen molar-refractivity contribution in [2.24, 2.45) is 0 Å². The van der Waals surface area contributed by atoms with E-state index in [0.29, 0.717) is 23.8 Å². The van der Waals surface area contributed by atoms with Gasteiger partial charge in [-0.15, -0.1) is 0 Å². The van der Waals surface area contributed by atoms with Gasteiger partial charge in [0.25, 0.3) is 0 Å². The molecule has 16 heavy (non-hydrogen) atoms. The summed E-state index contributed by atoms with van der Waals surface area (Å²) in [5.41, 5.74) is 4.54. The zero-order chi connectivity index (χ0) is 11.4. The van der Waals surface area contributed by atoms with E-state index in [-0.39, 0.29) is 0 Å². The molecule has 0 saturated carbocycles. The van der Waals surface area contributed by atoms with Crippen molar-refractivity contribution in [1.82, 2.24) is 5.01 Å². The first-order valence-corrected chi connectivity index (χ1v) is 5.46. The lowest BCUT2D eigenvalue weighted by molar-refractivity contribution is 0.0497. The van der Waals surface area contributed by atoms with Gasteiger partial charge in [0, 0.05) is 18.1 Å². The van der Waals surface area contributed by atoms with Crippen LogP contribution in [0.1, 0.15) is 5.56 Å². The summed E-state index contributed by atoms with van der Waals surface area (Å²) in [4.78, 5) is 0. The van der Waals surface area contributed by atoms with E-state index in [9.17, 15) is 0 Å². The summed E-state index contributed by atoms with van der Waals surface area (Å²) in [6.07, 6.45) is 0. The van der Waals surface area contributed by atoms with Crippen molar-refractivity contribution < 1.29 is 4.74 Å². The van der Waals surface area contributed by atoms with Crippen molar-refractivity contribution >= 4 is 17.3 Å². The number of hydrogen-bond acceptors (Lipinski definition) is 4. The van der Waals surface area contributed by atoms with Crippen molar-refractivity contribution in [3.63, 3.8) is 0 Å². The maximum absolute atomic E-state index is 8.98. The Morgan fingerprint density at radius 3 is 2.81 bits per heavy atom. The smallest absolute Gasteiger partial charge is 0.101 e. The second-order valence-corrected chi connectivity index (χ2v) is 3.95. The Hall–Kier alpha value is -1.28. The Kier molecular flexibility index (Phi) is 3.62. The molecule has 1 heterocycles. The number of nitrogens with zero attached hydrogens (tertiary/aromatic N) is 2. The molecule has 0 radical (unpaired) electrons. The monoisotopic (exact) mass is 237 g/mol. The number of halogens is 1. The number of nitriles is 1. The molecule has 1 saturated heterocycles. The molecule has 0 bridgehead atoms. The highest BCUT2D eigenvalue weighted by molar-refractivity contribution is 6.30. The molecule has 0 aromatic heterocycles. The third-order valence-electron chi connectivity index (χ3n) is 2.39. The molecule has 2 rings (SSSR count). The predicted molar refractivity (Wildman–Crippen MR) is 62.2 cm³/mol. The van der Waals surface area contributed by atoms with E-state index in [1.807, 2.05) is 11.1 Å². The van der Waals surface area contributed by atoms with Crippen LogP contribution in [0, 0.1) is 11.3 Å². The number of benzene rings is 1. The lowest BCUT2D eigenvalue weighted by Gasteiger charge is -2.28. The van der Waals surface area contributed by atoms with Crippen LogP contribution in [0.5, 0.6) is 0 Å². The van der Waals surface area contributed by atoms with Gasteiger partial charge >= 0.3 is 0 Å². The molecule has 1 aliphatic heterocycles. The quantitative estimate of drug-likeness (QED) is 0.853. The molecule has 1 aromatic carbocycles. The molecule has 0 amide bonds. The highest BCUT2D eigenvalue weighted by Crippen LogP contribution is 2.20. The third kappa shape index (κ3) is 2.64. The standard InChI is InChI=1S/C11H12ClN3O/c12-10-1-2-11(9(7-10)8-13)14-15-3-5-16-6-4-15/h1-2,7,14H,3-6H2. The Labute approximate surface area is 99.3 Å². The number of hydrogen-bond donors (Lipinski definition) is 1. The molecule has 1 aromatic rings. The molecular weight excluding hydrogens is 226 g/mol. The van der Waals surface area contributed by atoms with Gasteiger partial charge in [0.05, 0.1) is 24.5 Å². The fourth-order valence-electron chi connectivity index (χ4n) is 1.55. The van der Waals surface area contributed by atoms with Gasteiger partial charge in [0.1, 0.15) is 6.07 Å². The van der Waals surface area contributed by atoms with E-state index in [0.717, 1.165) is 18.8 Å². The van der Waals surface area contributed by atoms with E-state index in [2.05, 4.69) is 11.5 Å². The summed E-state index contributed by atoms with van der Waals surface area (Å²) in [5, 5.41) is 11.6. The van der Waals surface area contributed by atoms with E-state index in [1.165, 1.54) is 0 Å². The van der Waals surface area contributed by atoms with Gasteiger partial charge in [-0.1, -0.05) is 11.6 Å². The first-order valence-electron chi connectivity index (χ1n) is 5.08. The average Bonchev–Trinajstić information content (AvgIpc) is 2.33. The van der Waals surface area contributed by atoms with E-state index in [4.69, 9.17) is 21.6 Å². The molecule has 0 atom stereocenters. The largest absolute Gasteiger partial charge is 0.379 e. The number of hydrazine groups is 1. The summed E-state index contributed by atoms with van der Waals surface area (Å²) < 4.78 is 5.25. The Morgan fingerprint density at radius 2 is 2.12 bits per heavy atom. The Morgan fingerprint density at radius 1 is 1.38 bits per heavy atom. The van der Waals surface area contributed by atoms with Crippen LogP contribution in [0.3, 0.4) is 0 Å². The fourth-order valence-corrected chi connectivity index (χ4v) is 1.72. The first kappa shape index (κ1) is 11.2. The van der Waals surface area contributed by atoms with Crippen molar-refractivity contribution in [2.75, 3.05) is 31.7 Å². The minimum absolute atomic E-state index is 0.555. The molecule has 84 valence electrons. The minimum Gasteiger partial charge on any atom is -0.379 e. The highest BCUT2D eigenvalue weighted by Gasteiger charge is 2.11. The van der Waals surface area contributed by atoms with Crippen LogP contribution in [0.2, 0.25) is 5.02 Å². The van der Waals surface area contributed by atoms with Crippen LogP contribution in [0.4, 0.5) is 5.69 Å². The van der Waals surface area contributed by atoms with Crippen LogP contribution < -0.4 is 5.43 Å². The number of morpholine rings is 1. The zero-order valence-corrected chi connectivity index (χ0v) is 9.50. The maximum Gasteiger partial charge on any atom is 0.101 e. The minimum atomic E-state index is 0.555. The Bertz CT molecular complexity index is 410. The number of ether oxygens (including phenoxy) is 1. The van der Waals surface area contributed by atoms with Crippen molar-refractivity contribution in [3.8, 4) is 6.07 Å². The summed E-state index contributed by atoms with van der Waals surface area (Å²) in [5.74, 6) is 0. The van der Waals surface area contributed by atoms with Crippen molar-refractivity contribution in [1.29, 1.82) is 5.26 Å². The lowest BCUT2D eigenvalue weighted by Crippen LogP contribution is -2.40. The SMILES string of the molecule is N#Cc1cc(Cl)ccc1NN1CCOCC1. The van der Waals surface area contributed by atoms with Gasteiger partial charge < -0.3 is 10.2 Å². The summed E-state index contributed by atoms with van der Waals surface area (Å²) in [7, 11) is 0. The number of rotatable bonds is 2. The van der Waals surface area contributed by atoms with Gasteiger partial charge in [-0.25, -0.2) is 5.01 Å². The summed E-state index contributed by atoms with van der Waals surface area (Å²) in [6, 6.07) is 7.36. The predicted octanol–water partition coefficient (Wildman–Crippen LogP) is 1.87. The van der Waals surface area contributed by atoms with E-state index >= 15 is 0 Å². The average molecular weight is 238 g/mol. The van der Waals surface area contributed by atoms with Crippen LogP contribution in [0.25, 0.3) is 0 Å². The fraction of sp³-hybridized carbons (Fsp3) is 0.364. The lowest BCUT2D eigenvalue weighted by atomic mass is 10.2. The first-order chi connectivity index (χ1) is 7.79. The number of anilines is 1. The molecule has 0 unspecified atom stereocenters. The molecule has 1 fully saturated rings. The molecule has 5 heteroatoms. The van der Waals surface area contributed by atoms with Gasteiger partial charge in [-0.05, 0) is 18.2 Å². The number of nitrogens with one attached hydrogen (secondary N) is 1. The molecule has 4 nitrogen and oxygen atoms in total. The Balaban J connectivity index is 2.11. The maximum atomic E-state index is 8.98. The van der Waals surface area contributed by atoms with Crippen LogP contribution >= 0.6 is 11.6 Å². The molecular formula is C11H12ClN3O. The molecule has 0 spiro atoms. The zero-order valence-electron chi connectivity index (χ0n) is 8.74. The second-order valence-electron chi connectivity index (χ2n) is 3.51. The van der Waals surface area contributed by atoms with Crippen LogP contribution in [-0.2, 0) is 4.74 Å².